The van der Waals surface area contributed by atoms with Crippen LogP contribution in [-0.4, -0.2) is 37.7 Å². The summed E-state index contributed by atoms with van der Waals surface area (Å²) in [6.07, 6.45) is 3.60. The summed E-state index contributed by atoms with van der Waals surface area (Å²) in [4.78, 5) is 28.3. The summed E-state index contributed by atoms with van der Waals surface area (Å²) in [7, 11) is 2.01. The number of unbranched alkanes of at least 4 members (excludes halogenated alkanes) is 1. The largest absolute Gasteiger partial charge is 0.347 e. The minimum absolute atomic E-state index is 0.0121. The molecule has 1 aliphatic rings. The first-order valence-corrected chi connectivity index (χ1v) is 12.9. The molecule has 5 rings (SSSR count). The van der Waals surface area contributed by atoms with Gasteiger partial charge in [0, 0.05) is 36.5 Å². The third kappa shape index (κ3) is 3.86. The van der Waals surface area contributed by atoms with E-state index in [0.29, 0.717) is 22.9 Å². The number of rotatable bonds is 7. The number of benzene rings is 2. The van der Waals surface area contributed by atoms with Gasteiger partial charge in [0.25, 0.3) is 5.56 Å². The number of aromatic nitrogens is 4. The Bertz CT molecular complexity index is 1530. The Kier molecular flexibility index (Phi) is 6.01. The predicted octanol–water partition coefficient (Wildman–Crippen LogP) is 4.82. The van der Waals surface area contributed by atoms with E-state index in [1.807, 2.05) is 47.8 Å². The molecule has 0 radical (unpaired) electrons. The molecule has 0 aliphatic carbocycles. The van der Waals surface area contributed by atoms with Gasteiger partial charge in [-0.1, -0.05) is 69.3 Å². The molecule has 1 aliphatic heterocycles. The van der Waals surface area contributed by atoms with E-state index in [-0.39, 0.29) is 22.5 Å². The summed E-state index contributed by atoms with van der Waals surface area (Å²) in [6, 6.07) is 15.8. The van der Waals surface area contributed by atoms with E-state index in [0.717, 1.165) is 29.7 Å². The lowest BCUT2D eigenvalue weighted by Gasteiger charge is -2.23. The summed E-state index contributed by atoms with van der Waals surface area (Å²) < 4.78 is 3.60. The van der Waals surface area contributed by atoms with Crippen molar-refractivity contribution < 1.29 is 4.79 Å². The third-order valence-corrected chi connectivity index (χ3v) is 7.75. The fourth-order valence-electron chi connectivity index (χ4n) is 4.93. The smallest absolute Gasteiger partial charge is 0.262 e. The molecule has 0 fully saturated rings. The standard InChI is InChI=1S/C27H29N5O2S/c1-5-6-15-31-24(34)19-11-7-9-13-21(19)32-25(31)28-29-26(32)35-17-18(33)16-23-27(2,3)20-12-8-10-14-22(20)30(23)4/h7-14,16H,5-6,15,17H2,1-4H3/b23-16+. The number of likely N-dealkylation sites (N-methyl/N-ethyl adjacent to an activating group) is 1. The molecule has 0 saturated heterocycles. The van der Waals surface area contributed by atoms with Crippen molar-refractivity contribution in [3.05, 3.63) is 76.2 Å². The number of ketones is 1. The highest BCUT2D eigenvalue weighted by Crippen LogP contribution is 2.46. The van der Waals surface area contributed by atoms with Crippen LogP contribution >= 0.6 is 11.8 Å². The molecule has 3 heterocycles. The van der Waals surface area contributed by atoms with E-state index in [2.05, 4.69) is 48.0 Å². The normalized spacial score (nSPS) is 15.9. The van der Waals surface area contributed by atoms with Crippen molar-refractivity contribution in [1.82, 2.24) is 19.2 Å². The van der Waals surface area contributed by atoms with Gasteiger partial charge in [0.15, 0.2) is 10.9 Å². The molecule has 0 bridgehead atoms. The number of nitrogens with zero attached hydrogens (tertiary/aromatic N) is 5. The Morgan fingerprint density at radius 2 is 1.83 bits per heavy atom. The van der Waals surface area contributed by atoms with Gasteiger partial charge in [-0.05, 0) is 30.2 Å². The first-order chi connectivity index (χ1) is 16.8. The number of fused-ring (bicyclic) bond motifs is 4. The van der Waals surface area contributed by atoms with Crippen LogP contribution in [0.4, 0.5) is 5.69 Å². The molecule has 0 saturated carbocycles. The summed E-state index contributed by atoms with van der Waals surface area (Å²) >= 11 is 1.35. The van der Waals surface area contributed by atoms with Gasteiger partial charge >= 0.3 is 0 Å². The zero-order valence-corrected chi connectivity index (χ0v) is 21.3. The van der Waals surface area contributed by atoms with E-state index in [9.17, 15) is 9.59 Å². The van der Waals surface area contributed by atoms with Crippen molar-refractivity contribution in [1.29, 1.82) is 0 Å². The van der Waals surface area contributed by atoms with Gasteiger partial charge in [-0.3, -0.25) is 18.6 Å². The highest BCUT2D eigenvalue weighted by atomic mass is 32.2. The van der Waals surface area contributed by atoms with Crippen molar-refractivity contribution in [3.63, 3.8) is 0 Å². The van der Waals surface area contributed by atoms with Crippen molar-refractivity contribution >= 4 is 39.9 Å². The Hall–Kier alpha value is -3.39. The number of thioether (sulfide) groups is 1. The van der Waals surface area contributed by atoms with Crippen LogP contribution < -0.4 is 10.5 Å². The Balaban J connectivity index is 1.47. The Morgan fingerprint density at radius 3 is 2.60 bits per heavy atom. The first-order valence-electron chi connectivity index (χ1n) is 11.9. The second-order valence-electron chi connectivity index (χ2n) is 9.43. The molecular formula is C27H29N5O2S. The highest BCUT2D eigenvalue weighted by Gasteiger charge is 2.38. The predicted molar refractivity (Wildman–Crippen MR) is 141 cm³/mol. The molecule has 0 N–H and O–H groups in total. The van der Waals surface area contributed by atoms with Gasteiger partial charge in [0.05, 0.1) is 16.7 Å². The molecule has 2 aromatic heterocycles. The molecule has 180 valence electrons. The lowest BCUT2D eigenvalue weighted by atomic mass is 9.83. The highest BCUT2D eigenvalue weighted by molar-refractivity contribution is 7.99. The molecule has 7 nitrogen and oxygen atoms in total. The van der Waals surface area contributed by atoms with Crippen LogP contribution in [0.15, 0.2) is 70.3 Å². The second-order valence-corrected chi connectivity index (χ2v) is 10.4. The number of hydrogen-bond acceptors (Lipinski definition) is 6. The fourth-order valence-corrected chi connectivity index (χ4v) is 5.70. The zero-order valence-electron chi connectivity index (χ0n) is 20.5. The number of para-hydroxylation sites is 2. The average molecular weight is 488 g/mol. The van der Waals surface area contributed by atoms with Crippen LogP contribution in [0.2, 0.25) is 0 Å². The van der Waals surface area contributed by atoms with Gasteiger partial charge in [-0.2, -0.15) is 0 Å². The van der Waals surface area contributed by atoms with Crippen molar-refractivity contribution in [2.24, 2.45) is 0 Å². The zero-order chi connectivity index (χ0) is 24.7. The Morgan fingerprint density at radius 1 is 1.09 bits per heavy atom. The number of allylic oxidation sites excluding steroid dienone is 2. The lowest BCUT2D eigenvalue weighted by Crippen LogP contribution is -2.24. The van der Waals surface area contributed by atoms with Crippen LogP contribution in [0.1, 0.15) is 39.2 Å². The number of anilines is 1. The lowest BCUT2D eigenvalue weighted by molar-refractivity contribution is -0.112. The van der Waals surface area contributed by atoms with E-state index >= 15 is 0 Å². The molecule has 35 heavy (non-hydrogen) atoms. The molecule has 0 atom stereocenters. The number of carbonyl (C=O) groups excluding carboxylic acids is 1. The van der Waals surface area contributed by atoms with Gasteiger partial charge in [0.1, 0.15) is 0 Å². The van der Waals surface area contributed by atoms with Gasteiger partial charge < -0.3 is 4.90 Å². The summed E-state index contributed by atoms with van der Waals surface area (Å²) in [5.41, 5.74) is 3.77. The maximum Gasteiger partial charge on any atom is 0.262 e. The maximum absolute atomic E-state index is 13.1. The molecule has 8 heteroatoms. The summed E-state index contributed by atoms with van der Waals surface area (Å²) in [5.74, 6) is 0.758. The van der Waals surface area contributed by atoms with Crippen LogP contribution in [-0.2, 0) is 16.8 Å². The van der Waals surface area contributed by atoms with Gasteiger partial charge in [0.2, 0.25) is 5.78 Å². The van der Waals surface area contributed by atoms with Gasteiger partial charge in [-0.15, -0.1) is 10.2 Å². The fraction of sp³-hybridized carbons (Fsp3) is 0.333. The average Bonchev–Trinajstić information content (AvgIpc) is 3.36. The number of hydrogen-bond donors (Lipinski definition) is 0. The molecular weight excluding hydrogens is 458 g/mol. The monoisotopic (exact) mass is 487 g/mol. The summed E-state index contributed by atoms with van der Waals surface area (Å²) in [6.45, 7) is 6.97. The molecule has 4 aromatic rings. The minimum Gasteiger partial charge on any atom is -0.347 e. The van der Waals surface area contributed by atoms with Crippen LogP contribution in [0.5, 0.6) is 0 Å². The van der Waals surface area contributed by atoms with E-state index < -0.39 is 0 Å². The van der Waals surface area contributed by atoms with Crippen LogP contribution in [0.25, 0.3) is 16.7 Å². The SMILES string of the molecule is CCCCn1c(=O)c2ccccc2n2c(SCC(=O)/C=C3/N(C)c4ccccc4C3(C)C)nnc12. The molecule has 0 spiro atoms. The van der Waals surface area contributed by atoms with E-state index in [1.54, 1.807) is 10.6 Å². The molecule has 2 aromatic carbocycles. The van der Waals surface area contributed by atoms with Crippen molar-refractivity contribution in [2.75, 3.05) is 17.7 Å². The van der Waals surface area contributed by atoms with Crippen molar-refractivity contribution in [3.8, 4) is 0 Å². The third-order valence-electron chi connectivity index (χ3n) is 6.80. The minimum atomic E-state index is -0.251. The molecule has 0 amide bonds. The van der Waals surface area contributed by atoms with E-state index in [1.165, 1.54) is 17.3 Å². The second kappa shape index (κ2) is 9.00. The number of aryl methyl sites for hydroxylation is 1. The Labute approximate surface area is 208 Å². The first kappa shape index (κ1) is 23.4. The van der Waals surface area contributed by atoms with Crippen LogP contribution in [0.3, 0.4) is 0 Å². The topological polar surface area (TPSA) is 72.5 Å². The van der Waals surface area contributed by atoms with E-state index in [4.69, 9.17) is 0 Å². The van der Waals surface area contributed by atoms with Crippen molar-refractivity contribution in [2.45, 2.75) is 50.7 Å². The van der Waals surface area contributed by atoms with Gasteiger partial charge in [-0.25, -0.2) is 0 Å². The maximum atomic E-state index is 13.1. The summed E-state index contributed by atoms with van der Waals surface area (Å²) in [5, 5.41) is 9.94. The quantitative estimate of drug-likeness (QED) is 0.275. The molecule has 0 unspecified atom stereocenters. The van der Waals surface area contributed by atoms with Crippen LogP contribution in [0, 0.1) is 0 Å². The number of carbonyl (C=O) groups is 1.